The monoisotopic (exact) mass is 1250 g/mol. The summed E-state index contributed by atoms with van der Waals surface area (Å²) in [6, 6.07) is 0. The second-order valence-corrected chi connectivity index (χ2v) is 27.0. The minimum Gasteiger partial charge on any atom is -0.462 e. The number of aliphatic hydroxyl groups is 1. The molecule has 504 valence electrons. The molecular weight excluding hydrogens is 1130 g/mol. The first kappa shape index (κ1) is 83.1. The molecule has 6 atom stereocenters. The molecule has 85 heavy (non-hydrogen) atoms. The highest BCUT2D eigenvalue weighted by Gasteiger charge is 2.30. The van der Waals surface area contributed by atoms with Crippen molar-refractivity contribution in [1.29, 1.82) is 0 Å². The molecule has 0 fully saturated rings. The third kappa shape index (κ3) is 59.5. The van der Waals surface area contributed by atoms with E-state index in [0.717, 1.165) is 109 Å². The molecule has 0 aliphatic rings. The zero-order chi connectivity index (χ0) is 62.8. The Labute approximate surface area is 517 Å². The van der Waals surface area contributed by atoms with E-state index in [9.17, 15) is 43.2 Å². The number of aliphatic hydroxyl groups excluding tert-OH is 1. The number of hydrogen-bond acceptors (Lipinski definition) is 15. The molecule has 0 heterocycles. The van der Waals surface area contributed by atoms with Crippen LogP contribution >= 0.6 is 15.6 Å². The second kappa shape index (κ2) is 59.7. The summed E-state index contributed by atoms with van der Waals surface area (Å²) < 4.78 is 68.0. The maximum absolute atomic E-state index is 13.0. The number of carbonyl (C=O) groups excluding carboxylic acids is 4. The number of phosphoric acid groups is 2. The average molecular weight is 1260 g/mol. The molecule has 3 N–H and O–H groups in total. The lowest BCUT2D eigenvalue weighted by molar-refractivity contribution is -0.161. The van der Waals surface area contributed by atoms with E-state index in [2.05, 4.69) is 34.6 Å². The molecule has 0 rings (SSSR count). The van der Waals surface area contributed by atoms with Crippen LogP contribution in [0.1, 0.15) is 336 Å². The largest absolute Gasteiger partial charge is 0.472 e. The van der Waals surface area contributed by atoms with Crippen molar-refractivity contribution < 1.29 is 80.2 Å². The van der Waals surface area contributed by atoms with Crippen LogP contribution in [0.3, 0.4) is 0 Å². The van der Waals surface area contributed by atoms with Crippen LogP contribution in [-0.2, 0) is 65.4 Å². The lowest BCUT2D eigenvalue weighted by atomic mass is 10.00. The summed E-state index contributed by atoms with van der Waals surface area (Å²) in [5.74, 6) is -1.41. The zero-order valence-corrected chi connectivity index (χ0v) is 56.5. The smallest absolute Gasteiger partial charge is 0.462 e. The third-order valence-electron chi connectivity index (χ3n) is 15.6. The summed E-state index contributed by atoms with van der Waals surface area (Å²) in [4.78, 5) is 72.2. The Morgan fingerprint density at radius 2 is 0.565 bits per heavy atom. The van der Waals surface area contributed by atoms with Gasteiger partial charge in [0.2, 0.25) is 0 Å². The fourth-order valence-electron chi connectivity index (χ4n) is 9.90. The van der Waals surface area contributed by atoms with Crippen molar-refractivity contribution in [1.82, 2.24) is 0 Å². The molecule has 0 saturated heterocycles. The van der Waals surface area contributed by atoms with Crippen molar-refractivity contribution in [3.05, 3.63) is 0 Å². The van der Waals surface area contributed by atoms with Crippen molar-refractivity contribution in [3.8, 4) is 0 Å². The lowest BCUT2D eigenvalue weighted by Crippen LogP contribution is -2.30. The first-order valence-electron chi connectivity index (χ1n) is 34.7. The SMILES string of the molecule is CCCCCCCCCCCCCCCCCCC(=O)O[C@H](COC(=O)CCCCCCCCCCCCCC)COP(=O)(O)OC[C@@H](O)COP(=O)(O)OC[C@@H](COC(=O)CCCCCCCCC)OC(=O)CCCCCCCCC(C)CC. The van der Waals surface area contributed by atoms with Crippen LogP contribution in [-0.4, -0.2) is 96.7 Å². The van der Waals surface area contributed by atoms with Crippen LogP contribution < -0.4 is 0 Å². The van der Waals surface area contributed by atoms with Crippen LogP contribution in [0.5, 0.6) is 0 Å². The van der Waals surface area contributed by atoms with E-state index in [1.54, 1.807) is 0 Å². The standard InChI is InChI=1S/C66H128O17P2/c1-6-10-13-16-19-21-23-25-26-27-28-30-32-35-41-46-51-65(70)82-61(56-77-64(69)50-45-40-34-31-29-24-22-20-17-14-11-7-2)57-80-84(72,73)78-53-60(67)54-79-85(74,75)81-58-62(55-76-63(68)49-44-39-33-18-15-12-8-3)83-66(71)52-47-42-37-36-38-43-48-59(5)9-4/h59-62,67H,6-58H2,1-5H3,(H,72,73)(H,74,75)/t59?,60-,61-,62-/m1/s1. The highest BCUT2D eigenvalue weighted by molar-refractivity contribution is 7.47. The van der Waals surface area contributed by atoms with E-state index >= 15 is 0 Å². The van der Waals surface area contributed by atoms with E-state index in [0.29, 0.717) is 25.7 Å². The number of carbonyl (C=O) groups is 4. The van der Waals surface area contributed by atoms with Crippen molar-refractivity contribution >= 4 is 39.5 Å². The van der Waals surface area contributed by atoms with Gasteiger partial charge in [0.15, 0.2) is 12.2 Å². The predicted molar refractivity (Wildman–Crippen MR) is 340 cm³/mol. The van der Waals surface area contributed by atoms with Crippen LogP contribution in [0.2, 0.25) is 0 Å². The Balaban J connectivity index is 5.20. The Morgan fingerprint density at radius 1 is 0.329 bits per heavy atom. The molecule has 0 aromatic carbocycles. The van der Waals surface area contributed by atoms with Gasteiger partial charge < -0.3 is 33.8 Å². The van der Waals surface area contributed by atoms with Crippen molar-refractivity contribution in [3.63, 3.8) is 0 Å². The normalized spacial score (nSPS) is 14.5. The fourth-order valence-corrected chi connectivity index (χ4v) is 11.5. The highest BCUT2D eigenvalue weighted by Crippen LogP contribution is 2.45. The number of hydrogen-bond donors (Lipinski definition) is 3. The molecule has 0 aromatic rings. The Morgan fingerprint density at radius 3 is 0.835 bits per heavy atom. The van der Waals surface area contributed by atoms with Crippen LogP contribution in [0.25, 0.3) is 0 Å². The molecule has 19 heteroatoms. The summed E-state index contributed by atoms with van der Waals surface area (Å²) in [6.45, 7) is 7.13. The number of unbranched alkanes of at least 4 members (excludes halogenated alkanes) is 37. The van der Waals surface area contributed by atoms with E-state index in [1.165, 1.54) is 148 Å². The number of phosphoric ester groups is 2. The van der Waals surface area contributed by atoms with Gasteiger partial charge in [-0.1, -0.05) is 285 Å². The van der Waals surface area contributed by atoms with Crippen molar-refractivity contribution in [2.75, 3.05) is 39.6 Å². The summed E-state index contributed by atoms with van der Waals surface area (Å²) in [5.41, 5.74) is 0. The van der Waals surface area contributed by atoms with Gasteiger partial charge in [-0.2, -0.15) is 0 Å². The van der Waals surface area contributed by atoms with E-state index in [1.807, 2.05) is 0 Å². The zero-order valence-electron chi connectivity index (χ0n) is 54.7. The Kier molecular flexibility index (Phi) is 58.3. The number of rotatable bonds is 66. The first-order chi connectivity index (χ1) is 41.1. The maximum Gasteiger partial charge on any atom is 0.472 e. The molecule has 0 radical (unpaired) electrons. The second-order valence-electron chi connectivity index (χ2n) is 24.1. The minimum atomic E-state index is -4.95. The minimum absolute atomic E-state index is 0.103. The molecule has 0 aliphatic carbocycles. The van der Waals surface area contributed by atoms with Gasteiger partial charge in [0.25, 0.3) is 0 Å². The van der Waals surface area contributed by atoms with E-state index in [4.69, 9.17) is 37.0 Å². The maximum atomic E-state index is 13.0. The van der Waals surface area contributed by atoms with Crippen LogP contribution in [0.4, 0.5) is 0 Å². The Bertz CT molecular complexity index is 1650. The topological polar surface area (TPSA) is 237 Å². The molecule has 17 nitrogen and oxygen atoms in total. The predicted octanol–water partition coefficient (Wildman–Crippen LogP) is 18.6. The van der Waals surface area contributed by atoms with Gasteiger partial charge >= 0.3 is 39.5 Å². The summed E-state index contributed by atoms with van der Waals surface area (Å²) in [5, 5.41) is 10.5. The third-order valence-corrected chi connectivity index (χ3v) is 17.5. The first-order valence-corrected chi connectivity index (χ1v) is 37.7. The molecule has 0 aromatic heterocycles. The lowest BCUT2D eigenvalue weighted by Gasteiger charge is -2.21. The van der Waals surface area contributed by atoms with Crippen molar-refractivity contribution in [2.24, 2.45) is 5.92 Å². The van der Waals surface area contributed by atoms with Crippen molar-refractivity contribution in [2.45, 2.75) is 355 Å². The molecule has 0 spiro atoms. The summed E-state index contributed by atoms with van der Waals surface area (Å²) in [7, 11) is -9.89. The molecule has 0 saturated carbocycles. The molecular formula is C66H128O17P2. The van der Waals surface area contributed by atoms with Gasteiger partial charge in [0.1, 0.15) is 19.3 Å². The van der Waals surface area contributed by atoms with E-state index in [-0.39, 0.29) is 25.7 Å². The molecule has 3 unspecified atom stereocenters. The van der Waals surface area contributed by atoms with Gasteiger partial charge in [-0.15, -0.1) is 0 Å². The van der Waals surface area contributed by atoms with Gasteiger partial charge in [0.05, 0.1) is 26.4 Å². The van der Waals surface area contributed by atoms with E-state index < -0.39 is 97.5 Å². The number of esters is 4. The highest BCUT2D eigenvalue weighted by atomic mass is 31.2. The van der Waals surface area contributed by atoms with Gasteiger partial charge in [-0.25, -0.2) is 9.13 Å². The molecule has 0 bridgehead atoms. The number of ether oxygens (including phenoxy) is 4. The molecule has 0 amide bonds. The summed E-state index contributed by atoms with van der Waals surface area (Å²) in [6.07, 6.45) is 44.5. The van der Waals surface area contributed by atoms with Gasteiger partial charge in [-0.05, 0) is 31.6 Å². The fraction of sp³-hybridized carbons (Fsp3) is 0.939. The van der Waals surface area contributed by atoms with Gasteiger partial charge in [0, 0.05) is 25.7 Å². The average Bonchev–Trinajstić information content (AvgIpc) is 3.50. The quantitative estimate of drug-likeness (QED) is 0.0222. The Hall–Kier alpha value is -1.94. The molecule has 0 aliphatic heterocycles. The summed E-state index contributed by atoms with van der Waals surface area (Å²) >= 11 is 0. The van der Waals surface area contributed by atoms with Crippen LogP contribution in [0.15, 0.2) is 0 Å². The van der Waals surface area contributed by atoms with Crippen LogP contribution in [0, 0.1) is 5.92 Å². The van der Waals surface area contributed by atoms with Gasteiger partial charge in [-0.3, -0.25) is 37.3 Å².